The van der Waals surface area contributed by atoms with Crippen molar-refractivity contribution < 1.29 is 32.7 Å². The average Bonchev–Trinajstić information content (AvgIpc) is 3.53. The van der Waals surface area contributed by atoms with E-state index in [-0.39, 0.29) is 23.9 Å². The van der Waals surface area contributed by atoms with E-state index < -0.39 is 29.4 Å². The van der Waals surface area contributed by atoms with Crippen LogP contribution >= 0.6 is 0 Å². The molecule has 2 saturated heterocycles. The molecule has 0 saturated carbocycles. The number of halogens is 1. The fraction of sp³-hybridized carbons (Fsp3) is 0.111. The molecule has 200 valence electrons. The molecule has 2 fully saturated rings. The number of aromatic nitrogens is 2. The maximum atomic E-state index is 13.2. The number of carbonyl (C=O) groups is 4. The van der Waals surface area contributed by atoms with Crippen molar-refractivity contribution in [2.45, 2.75) is 5.54 Å². The van der Waals surface area contributed by atoms with Crippen molar-refractivity contribution in [1.82, 2.24) is 25.5 Å². The number of likely N-dealkylation sites (N-methyl/N-ethyl adjacent to an activating group) is 1. The molecule has 40 heavy (non-hydrogen) atoms. The van der Waals surface area contributed by atoms with Gasteiger partial charge in [0.15, 0.2) is 0 Å². The van der Waals surface area contributed by atoms with Gasteiger partial charge in [0.05, 0.1) is 18.4 Å². The normalized spacial score (nSPS) is 16.4. The predicted molar refractivity (Wildman–Crippen MR) is 137 cm³/mol. The van der Waals surface area contributed by atoms with E-state index in [2.05, 4.69) is 20.6 Å². The number of nitrogens with zero attached hydrogens (tertiary/aromatic N) is 4. The number of anilines is 1. The zero-order valence-corrected chi connectivity index (χ0v) is 20.8. The number of barbiturate groups is 1. The van der Waals surface area contributed by atoms with Crippen LogP contribution < -0.4 is 20.3 Å². The van der Waals surface area contributed by atoms with Gasteiger partial charge in [-0.05, 0) is 54.6 Å². The molecule has 2 aromatic heterocycles. The summed E-state index contributed by atoms with van der Waals surface area (Å²) in [5, 5.41) is 4.11. The van der Waals surface area contributed by atoms with Gasteiger partial charge < -0.3 is 14.1 Å². The van der Waals surface area contributed by atoms with Gasteiger partial charge in [0.1, 0.15) is 23.5 Å². The molecular formula is C27H19FN6O6. The molecule has 1 spiro atoms. The Balaban J connectivity index is 1.18. The van der Waals surface area contributed by atoms with E-state index in [0.717, 1.165) is 10.5 Å². The summed E-state index contributed by atoms with van der Waals surface area (Å²) in [5.74, 6) is -1.14. The Labute approximate surface area is 225 Å². The zero-order valence-electron chi connectivity index (χ0n) is 20.8. The highest BCUT2D eigenvalue weighted by atomic mass is 19.1. The summed E-state index contributed by atoms with van der Waals surface area (Å²) in [6.07, 6.45) is 2.78. The number of hydrogen-bond donors (Lipinski definition) is 2. The van der Waals surface area contributed by atoms with Crippen molar-refractivity contribution in [3.8, 4) is 34.3 Å². The van der Waals surface area contributed by atoms with E-state index in [1.807, 2.05) is 0 Å². The molecule has 2 aromatic carbocycles. The van der Waals surface area contributed by atoms with Crippen LogP contribution in [0.5, 0.6) is 11.6 Å². The minimum Gasteiger partial charge on any atom is -0.444 e. The van der Waals surface area contributed by atoms with Crippen molar-refractivity contribution in [3.05, 3.63) is 78.9 Å². The van der Waals surface area contributed by atoms with Crippen LogP contribution in [0.1, 0.15) is 0 Å². The van der Waals surface area contributed by atoms with E-state index in [1.165, 1.54) is 48.7 Å². The smallest absolute Gasteiger partial charge is 0.328 e. The largest absolute Gasteiger partial charge is 0.444 e. The van der Waals surface area contributed by atoms with Gasteiger partial charge in [-0.3, -0.25) is 25.1 Å². The van der Waals surface area contributed by atoms with Crippen LogP contribution in [-0.2, 0) is 9.59 Å². The first-order valence-corrected chi connectivity index (χ1v) is 11.9. The third kappa shape index (κ3) is 4.09. The molecule has 6 rings (SSSR count). The Morgan fingerprint density at radius 3 is 2.25 bits per heavy atom. The molecule has 12 nitrogen and oxygen atoms in total. The molecular weight excluding hydrogens is 523 g/mol. The summed E-state index contributed by atoms with van der Waals surface area (Å²) in [6, 6.07) is 14.2. The highest BCUT2D eigenvalue weighted by molar-refractivity contribution is 6.28. The lowest BCUT2D eigenvalue weighted by molar-refractivity contribution is -0.137. The molecule has 4 heterocycles. The summed E-state index contributed by atoms with van der Waals surface area (Å²) in [6.45, 7) is -0.253. The van der Waals surface area contributed by atoms with Gasteiger partial charge in [0.25, 0.3) is 11.8 Å². The van der Waals surface area contributed by atoms with Crippen LogP contribution in [0.15, 0.2) is 77.5 Å². The van der Waals surface area contributed by atoms with E-state index >= 15 is 0 Å². The number of oxazole rings is 1. The third-order valence-electron chi connectivity index (χ3n) is 6.52. The second kappa shape index (κ2) is 9.31. The number of benzene rings is 2. The summed E-state index contributed by atoms with van der Waals surface area (Å²) in [5.41, 5.74) is 0.179. The second-order valence-electron chi connectivity index (χ2n) is 9.10. The number of nitrogens with one attached hydrogen (secondary N) is 2. The number of rotatable bonds is 5. The summed E-state index contributed by atoms with van der Waals surface area (Å²) >= 11 is 0. The molecule has 0 bridgehead atoms. The van der Waals surface area contributed by atoms with E-state index in [1.54, 1.807) is 36.4 Å². The van der Waals surface area contributed by atoms with Gasteiger partial charge in [-0.15, -0.1) is 0 Å². The topological polar surface area (TPSA) is 147 Å². The second-order valence-corrected chi connectivity index (χ2v) is 9.10. The first-order chi connectivity index (χ1) is 19.2. The van der Waals surface area contributed by atoms with Gasteiger partial charge in [0.2, 0.25) is 17.3 Å². The van der Waals surface area contributed by atoms with Crippen molar-refractivity contribution in [3.63, 3.8) is 0 Å². The Hall–Kier alpha value is -5.59. The fourth-order valence-corrected chi connectivity index (χ4v) is 4.55. The molecule has 2 aliphatic heterocycles. The van der Waals surface area contributed by atoms with Gasteiger partial charge in [-0.1, -0.05) is 0 Å². The molecule has 0 aliphatic carbocycles. The highest BCUT2D eigenvalue weighted by Crippen LogP contribution is 2.34. The maximum absolute atomic E-state index is 13.2. The van der Waals surface area contributed by atoms with Gasteiger partial charge in [-0.2, -0.15) is 0 Å². The first-order valence-electron chi connectivity index (χ1n) is 11.9. The molecule has 13 heteroatoms. The number of ether oxygens (including phenoxy) is 1. The lowest BCUT2D eigenvalue weighted by Gasteiger charge is -2.35. The van der Waals surface area contributed by atoms with Crippen molar-refractivity contribution in [2.24, 2.45) is 0 Å². The first kappa shape index (κ1) is 24.7. The molecule has 0 unspecified atom stereocenters. The maximum Gasteiger partial charge on any atom is 0.328 e. The summed E-state index contributed by atoms with van der Waals surface area (Å²) < 4.78 is 24.6. The van der Waals surface area contributed by atoms with Crippen molar-refractivity contribution >= 4 is 29.6 Å². The fourth-order valence-electron chi connectivity index (χ4n) is 4.55. The molecule has 2 aliphatic rings. The van der Waals surface area contributed by atoms with Gasteiger partial charge in [-0.25, -0.2) is 23.9 Å². The van der Waals surface area contributed by atoms with Crippen molar-refractivity contribution in [2.75, 3.05) is 18.5 Å². The van der Waals surface area contributed by atoms with E-state index in [0.29, 0.717) is 22.9 Å². The number of carbonyl (C=O) groups excluding carboxylic acids is 4. The highest BCUT2D eigenvalue weighted by Gasteiger charge is 2.62. The average molecular weight is 542 g/mol. The van der Waals surface area contributed by atoms with Gasteiger partial charge in [0, 0.05) is 24.2 Å². The quantitative estimate of drug-likeness (QED) is 0.365. The number of pyridine rings is 1. The van der Waals surface area contributed by atoms with Crippen LogP contribution in [0.2, 0.25) is 0 Å². The Morgan fingerprint density at radius 1 is 0.925 bits per heavy atom. The minimum atomic E-state index is -1.96. The number of urea groups is 2. The predicted octanol–water partition coefficient (Wildman–Crippen LogP) is 3.31. The number of amides is 6. The SMILES string of the molecule is CN1CC2(C(=O)NC(=O)NC2=O)N(c2ccc(Oc3ccc(-c4nc(-c5ccc(F)cc5)co4)cc3)nc2)C1=O. The minimum absolute atomic E-state index is 0.164. The standard InChI is InChI=1S/C27H19FN6O6/c1-33-14-27(23(35)31-25(37)32-24(27)36)34(26(33)38)18-8-11-21(29-12-18)40-19-9-4-16(5-10-19)22-30-20(13-39-22)15-2-6-17(28)7-3-15/h2-13H,14H2,1H3,(H2,31,32,35,36,37). The van der Waals surface area contributed by atoms with Crippen LogP contribution in [0.25, 0.3) is 22.7 Å². The number of imide groups is 2. The monoisotopic (exact) mass is 542 g/mol. The summed E-state index contributed by atoms with van der Waals surface area (Å²) in [7, 11) is 1.44. The van der Waals surface area contributed by atoms with Crippen LogP contribution in [0.3, 0.4) is 0 Å². The molecule has 6 amide bonds. The molecule has 2 N–H and O–H groups in total. The zero-order chi connectivity index (χ0) is 28.0. The number of hydrogen-bond acceptors (Lipinski definition) is 8. The van der Waals surface area contributed by atoms with E-state index in [9.17, 15) is 23.6 Å². The lowest BCUT2D eigenvalue weighted by atomic mass is 9.94. The third-order valence-corrected chi connectivity index (χ3v) is 6.52. The van der Waals surface area contributed by atoms with Gasteiger partial charge >= 0.3 is 12.1 Å². The Bertz CT molecular complexity index is 1630. The Kier molecular flexibility index (Phi) is 5.75. The molecule has 4 aromatic rings. The summed E-state index contributed by atoms with van der Waals surface area (Å²) in [4.78, 5) is 60.9. The van der Waals surface area contributed by atoms with Crippen LogP contribution in [0, 0.1) is 5.82 Å². The Morgan fingerprint density at radius 2 is 1.60 bits per heavy atom. The van der Waals surface area contributed by atoms with Crippen LogP contribution in [0.4, 0.5) is 19.7 Å². The molecule has 0 atom stereocenters. The van der Waals surface area contributed by atoms with Crippen molar-refractivity contribution in [1.29, 1.82) is 0 Å². The lowest BCUT2D eigenvalue weighted by Crippen LogP contribution is -2.73. The van der Waals surface area contributed by atoms with E-state index in [4.69, 9.17) is 9.15 Å². The van der Waals surface area contributed by atoms with Crippen LogP contribution in [-0.4, -0.2) is 57.9 Å². The molecule has 0 radical (unpaired) electrons.